The van der Waals surface area contributed by atoms with Crippen molar-refractivity contribution >= 4 is 17.6 Å². The van der Waals surface area contributed by atoms with Gasteiger partial charge in [0.05, 0.1) is 12.7 Å². The van der Waals surface area contributed by atoms with E-state index >= 15 is 0 Å². The standard InChI is InChI=1S/C16H21ClN4O2/c1-16(23,13-9-20-21(2)10-13)11-19-15(22)18-8-7-12-3-5-14(17)6-4-12/h3-6,9-10,23H,7-8,11H2,1-2H3,(H2,18,19,22). The average molecular weight is 337 g/mol. The lowest BCUT2D eigenvalue weighted by Gasteiger charge is -2.22. The number of nitrogens with one attached hydrogen (secondary N) is 2. The van der Waals surface area contributed by atoms with Crippen LogP contribution < -0.4 is 10.6 Å². The predicted octanol–water partition coefficient (Wildman–Crippen LogP) is 1.82. The minimum Gasteiger partial charge on any atom is -0.383 e. The molecule has 124 valence electrons. The number of rotatable bonds is 6. The molecule has 1 aromatic carbocycles. The van der Waals surface area contributed by atoms with Crippen LogP contribution in [0, 0.1) is 0 Å². The molecule has 2 aromatic rings. The number of urea groups is 1. The summed E-state index contributed by atoms with van der Waals surface area (Å²) in [5.74, 6) is 0. The third-order valence-electron chi connectivity index (χ3n) is 3.53. The van der Waals surface area contributed by atoms with Gasteiger partial charge in [-0.15, -0.1) is 0 Å². The monoisotopic (exact) mass is 336 g/mol. The third kappa shape index (κ3) is 5.26. The van der Waals surface area contributed by atoms with Crippen molar-refractivity contribution in [1.82, 2.24) is 20.4 Å². The van der Waals surface area contributed by atoms with E-state index in [1.807, 2.05) is 24.3 Å². The number of carbonyl (C=O) groups is 1. The SMILES string of the molecule is Cn1cc(C(C)(O)CNC(=O)NCCc2ccc(Cl)cc2)cn1. The zero-order valence-corrected chi connectivity index (χ0v) is 14.0. The predicted molar refractivity (Wildman–Crippen MR) is 89.3 cm³/mol. The summed E-state index contributed by atoms with van der Waals surface area (Å²) < 4.78 is 1.61. The minimum absolute atomic E-state index is 0.103. The molecular weight excluding hydrogens is 316 g/mol. The van der Waals surface area contributed by atoms with Crippen molar-refractivity contribution in [2.75, 3.05) is 13.1 Å². The number of aromatic nitrogens is 2. The number of hydrogen-bond acceptors (Lipinski definition) is 3. The van der Waals surface area contributed by atoms with Crippen molar-refractivity contribution in [3.05, 3.63) is 52.8 Å². The summed E-state index contributed by atoms with van der Waals surface area (Å²) in [7, 11) is 1.77. The van der Waals surface area contributed by atoms with Gasteiger partial charge in [0.1, 0.15) is 5.60 Å². The van der Waals surface area contributed by atoms with Crippen LogP contribution in [0.3, 0.4) is 0 Å². The lowest BCUT2D eigenvalue weighted by atomic mass is 10.00. The van der Waals surface area contributed by atoms with Gasteiger partial charge in [0.15, 0.2) is 0 Å². The Bertz CT molecular complexity index is 652. The van der Waals surface area contributed by atoms with Crippen molar-refractivity contribution in [2.24, 2.45) is 7.05 Å². The molecule has 0 radical (unpaired) electrons. The van der Waals surface area contributed by atoms with Gasteiger partial charge >= 0.3 is 6.03 Å². The molecule has 0 fully saturated rings. The van der Waals surface area contributed by atoms with E-state index in [9.17, 15) is 9.90 Å². The molecule has 0 aliphatic heterocycles. The van der Waals surface area contributed by atoms with Crippen LogP contribution in [0.1, 0.15) is 18.1 Å². The molecule has 1 unspecified atom stereocenters. The highest BCUT2D eigenvalue weighted by Gasteiger charge is 2.25. The summed E-state index contributed by atoms with van der Waals surface area (Å²) >= 11 is 5.82. The first kappa shape index (κ1) is 17.3. The Morgan fingerprint density at radius 1 is 1.35 bits per heavy atom. The van der Waals surface area contributed by atoms with E-state index in [0.717, 1.165) is 5.56 Å². The van der Waals surface area contributed by atoms with Gasteiger partial charge in [0.25, 0.3) is 0 Å². The Hall–Kier alpha value is -2.05. The van der Waals surface area contributed by atoms with Gasteiger partial charge in [-0.1, -0.05) is 23.7 Å². The van der Waals surface area contributed by atoms with Crippen molar-refractivity contribution in [1.29, 1.82) is 0 Å². The highest BCUT2D eigenvalue weighted by Crippen LogP contribution is 2.18. The van der Waals surface area contributed by atoms with Crippen LogP contribution in [0.4, 0.5) is 4.79 Å². The maximum atomic E-state index is 11.8. The van der Waals surface area contributed by atoms with Crippen LogP contribution in [0.25, 0.3) is 0 Å². The number of hydrogen-bond donors (Lipinski definition) is 3. The minimum atomic E-state index is -1.16. The summed E-state index contributed by atoms with van der Waals surface area (Å²) in [5, 5.41) is 20.5. The fraction of sp³-hybridized carbons (Fsp3) is 0.375. The number of amides is 2. The molecule has 0 aliphatic carbocycles. The zero-order chi connectivity index (χ0) is 16.9. The Balaban J connectivity index is 1.73. The van der Waals surface area contributed by atoms with E-state index in [1.165, 1.54) is 0 Å². The fourth-order valence-corrected chi connectivity index (χ4v) is 2.21. The lowest BCUT2D eigenvalue weighted by molar-refractivity contribution is 0.0593. The third-order valence-corrected chi connectivity index (χ3v) is 3.78. The van der Waals surface area contributed by atoms with Crippen molar-refractivity contribution in [2.45, 2.75) is 18.9 Å². The molecule has 0 aliphatic rings. The van der Waals surface area contributed by atoms with Crippen molar-refractivity contribution < 1.29 is 9.90 Å². The Morgan fingerprint density at radius 2 is 2.04 bits per heavy atom. The van der Waals surface area contributed by atoms with E-state index in [1.54, 1.807) is 31.0 Å². The second-order valence-electron chi connectivity index (χ2n) is 5.66. The summed E-state index contributed by atoms with van der Waals surface area (Å²) in [6.45, 7) is 2.24. The van der Waals surface area contributed by atoms with E-state index in [4.69, 9.17) is 11.6 Å². The molecule has 23 heavy (non-hydrogen) atoms. The lowest BCUT2D eigenvalue weighted by Crippen LogP contribution is -2.43. The Kier molecular flexibility index (Phi) is 5.63. The van der Waals surface area contributed by atoms with Gasteiger partial charge in [-0.05, 0) is 31.0 Å². The molecule has 0 saturated heterocycles. The summed E-state index contributed by atoms with van der Waals surface area (Å²) in [6.07, 6.45) is 4.02. The average Bonchev–Trinajstić information content (AvgIpc) is 2.95. The normalized spacial score (nSPS) is 13.4. The summed E-state index contributed by atoms with van der Waals surface area (Å²) in [6, 6.07) is 7.18. The number of carbonyl (C=O) groups excluding carboxylic acids is 1. The number of nitrogens with zero attached hydrogens (tertiary/aromatic N) is 2. The molecule has 0 spiro atoms. The van der Waals surface area contributed by atoms with E-state index in [-0.39, 0.29) is 12.6 Å². The smallest absolute Gasteiger partial charge is 0.314 e. The van der Waals surface area contributed by atoms with Crippen LogP contribution in [-0.4, -0.2) is 34.0 Å². The van der Waals surface area contributed by atoms with Gasteiger partial charge in [-0.3, -0.25) is 4.68 Å². The maximum absolute atomic E-state index is 11.8. The first-order chi connectivity index (χ1) is 10.9. The molecule has 2 rings (SSSR count). The molecule has 1 atom stereocenters. The zero-order valence-electron chi connectivity index (χ0n) is 13.2. The fourth-order valence-electron chi connectivity index (χ4n) is 2.09. The van der Waals surface area contributed by atoms with Gasteiger partial charge < -0.3 is 15.7 Å². The number of benzene rings is 1. The van der Waals surface area contributed by atoms with Gasteiger partial charge in [0.2, 0.25) is 0 Å². The van der Waals surface area contributed by atoms with Crippen molar-refractivity contribution in [3.63, 3.8) is 0 Å². The van der Waals surface area contributed by atoms with Crippen LogP contribution in [0.15, 0.2) is 36.7 Å². The van der Waals surface area contributed by atoms with Gasteiger partial charge in [-0.2, -0.15) is 5.10 Å². The highest BCUT2D eigenvalue weighted by atomic mass is 35.5. The second kappa shape index (κ2) is 7.48. The molecule has 1 heterocycles. The summed E-state index contributed by atoms with van der Waals surface area (Å²) in [5.41, 5.74) is 0.584. The van der Waals surface area contributed by atoms with Crippen LogP contribution in [-0.2, 0) is 19.1 Å². The first-order valence-corrected chi connectivity index (χ1v) is 7.72. The molecule has 7 heteroatoms. The van der Waals surface area contributed by atoms with Crippen LogP contribution in [0.5, 0.6) is 0 Å². The number of aryl methyl sites for hydroxylation is 1. The van der Waals surface area contributed by atoms with Gasteiger partial charge in [0, 0.05) is 30.4 Å². The largest absolute Gasteiger partial charge is 0.383 e. The topological polar surface area (TPSA) is 79.2 Å². The number of halogens is 1. The number of aliphatic hydroxyl groups is 1. The maximum Gasteiger partial charge on any atom is 0.314 e. The Labute approximate surface area is 140 Å². The van der Waals surface area contributed by atoms with E-state index in [2.05, 4.69) is 15.7 Å². The second-order valence-corrected chi connectivity index (χ2v) is 6.10. The van der Waals surface area contributed by atoms with E-state index in [0.29, 0.717) is 23.6 Å². The first-order valence-electron chi connectivity index (χ1n) is 7.34. The van der Waals surface area contributed by atoms with Gasteiger partial charge in [-0.25, -0.2) is 4.79 Å². The molecular formula is C16H21ClN4O2. The molecule has 3 N–H and O–H groups in total. The van der Waals surface area contributed by atoms with Crippen LogP contribution in [0.2, 0.25) is 5.02 Å². The summed E-state index contributed by atoms with van der Waals surface area (Å²) in [4.78, 5) is 11.8. The van der Waals surface area contributed by atoms with E-state index < -0.39 is 5.60 Å². The Morgan fingerprint density at radius 3 is 2.65 bits per heavy atom. The van der Waals surface area contributed by atoms with Crippen molar-refractivity contribution in [3.8, 4) is 0 Å². The molecule has 0 bridgehead atoms. The molecule has 6 nitrogen and oxygen atoms in total. The highest BCUT2D eigenvalue weighted by molar-refractivity contribution is 6.30. The molecule has 0 saturated carbocycles. The quantitative estimate of drug-likeness (QED) is 0.753. The molecule has 2 amide bonds. The molecule has 1 aromatic heterocycles. The van der Waals surface area contributed by atoms with Crippen LogP contribution >= 0.6 is 11.6 Å².